The molecule has 2 N–H and O–H groups in total. The van der Waals surface area contributed by atoms with Crippen LogP contribution in [0.1, 0.15) is 12.5 Å². The molecule has 0 aromatic carbocycles. The minimum absolute atomic E-state index is 0.208. The predicted octanol–water partition coefficient (Wildman–Crippen LogP) is 0.635. The first-order valence-corrected chi connectivity index (χ1v) is 3.97. The first-order valence-electron chi connectivity index (χ1n) is 3.97. The van der Waals surface area contributed by atoms with E-state index in [0.717, 1.165) is 11.1 Å². The van der Waals surface area contributed by atoms with E-state index in [1.54, 1.807) is 19.3 Å². The Balaban J connectivity index is 2.89. The largest absolute Gasteiger partial charge is 0.466 e. The van der Waals surface area contributed by atoms with E-state index in [1.165, 1.54) is 13.2 Å². The number of anilines is 1. The summed E-state index contributed by atoms with van der Waals surface area (Å²) in [5, 5.41) is 0. The Hall–Kier alpha value is -1.91. The van der Waals surface area contributed by atoms with Crippen LogP contribution in [-0.2, 0) is 9.53 Å². The fourth-order valence-corrected chi connectivity index (χ4v) is 0.861. The molecule has 0 aliphatic heterocycles. The van der Waals surface area contributed by atoms with E-state index in [1.807, 2.05) is 0 Å². The number of hydrogen-bond donors (Lipinski definition) is 1. The molecule has 0 amide bonds. The summed E-state index contributed by atoms with van der Waals surface area (Å²) in [7, 11) is 1.32. The van der Waals surface area contributed by atoms with E-state index in [0.29, 0.717) is 0 Å². The molecule has 0 atom stereocenters. The molecule has 74 valence electrons. The summed E-state index contributed by atoms with van der Waals surface area (Å²) >= 11 is 0. The van der Waals surface area contributed by atoms with Crippen molar-refractivity contribution in [3.63, 3.8) is 0 Å². The van der Waals surface area contributed by atoms with Crippen LogP contribution in [0.25, 0.3) is 5.57 Å². The molecule has 0 aliphatic carbocycles. The first-order chi connectivity index (χ1) is 6.63. The number of carbonyl (C=O) groups is 1. The Morgan fingerprint density at radius 1 is 1.50 bits per heavy atom. The molecule has 5 heteroatoms. The molecule has 1 aromatic heterocycles. The van der Waals surface area contributed by atoms with Crippen molar-refractivity contribution in [2.45, 2.75) is 6.92 Å². The predicted molar refractivity (Wildman–Crippen MR) is 52.1 cm³/mol. The molecule has 1 rings (SSSR count). The van der Waals surface area contributed by atoms with E-state index in [-0.39, 0.29) is 5.95 Å². The highest BCUT2D eigenvalue weighted by Gasteiger charge is 2.00. The van der Waals surface area contributed by atoms with Crippen LogP contribution in [0.5, 0.6) is 0 Å². The van der Waals surface area contributed by atoms with Gasteiger partial charge < -0.3 is 10.5 Å². The standard InChI is InChI=1S/C9H11N3O2/c1-6(3-8(13)14-2)7-4-11-9(10)12-5-7/h3-5H,1-2H3,(H2,10,11,12). The van der Waals surface area contributed by atoms with Crippen molar-refractivity contribution in [3.8, 4) is 0 Å². The highest BCUT2D eigenvalue weighted by Crippen LogP contribution is 2.11. The number of rotatable bonds is 2. The van der Waals surface area contributed by atoms with Gasteiger partial charge in [0, 0.05) is 24.0 Å². The van der Waals surface area contributed by atoms with Gasteiger partial charge in [-0.05, 0) is 12.5 Å². The van der Waals surface area contributed by atoms with Gasteiger partial charge in [-0.25, -0.2) is 14.8 Å². The van der Waals surface area contributed by atoms with Gasteiger partial charge in [0.15, 0.2) is 0 Å². The van der Waals surface area contributed by atoms with E-state index in [9.17, 15) is 4.79 Å². The Morgan fingerprint density at radius 2 is 2.07 bits per heavy atom. The van der Waals surface area contributed by atoms with Crippen molar-refractivity contribution in [2.75, 3.05) is 12.8 Å². The zero-order valence-electron chi connectivity index (χ0n) is 8.02. The molecule has 0 saturated heterocycles. The molecule has 0 aliphatic rings. The molecule has 0 unspecified atom stereocenters. The normalized spacial score (nSPS) is 11.1. The summed E-state index contributed by atoms with van der Waals surface area (Å²) in [6.07, 6.45) is 4.48. The molecule has 0 fully saturated rings. The van der Waals surface area contributed by atoms with Crippen LogP contribution in [-0.4, -0.2) is 23.0 Å². The average molecular weight is 193 g/mol. The number of aromatic nitrogens is 2. The number of allylic oxidation sites excluding steroid dienone is 1. The molecule has 5 nitrogen and oxygen atoms in total. The Morgan fingerprint density at radius 3 is 2.57 bits per heavy atom. The SMILES string of the molecule is COC(=O)C=C(C)c1cnc(N)nc1. The number of hydrogen-bond acceptors (Lipinski definition) is 5. The van der Waals surface area contributed by atoms with Crippen molar-refractivity contribution in [1.82, 2.24) is 9.97 Å². The quantitative estimate of drug-likeness (QED) is 0.550. The van der Waals surface area contributed by atoms with Gasteiger partial charge in [-0.1, -0.05) is 0 Å². The topological polar surface area (TPSA) is 78.1 Å². The maximum absolute atomic E-state index is 10.9. The number of methoxy groups -OCH3 is 1. The molecular formula is C9H11N3O2. The molecular weight excluding hydrogens is 182 g/mol. The van der Waals surface area contributed by atoms with Crippen molar-refractivity contribution < 1.29 is 9.53 Å². The highest BCUT2D eigenvalue weighted by molar-refractivity contribution is 5.90. The molecule has 1 aromatic rings. The van der Waals surface area contributed by atoms with Crippen molar-refractivity contribution >= 4 is 17.5 Å². The summed E-state index contributed by atoms with van der Waals surface area (Å²) in [4.78, 5) is 18.5. The maximum atomic E-state index is 10.9. The zero-order chi connectivity index (χ0) is 10.6. The number of nitrogen functional groups attached to an aromatic ring is 1. The van der Waals surface area contributed by atoms with Crippen LogP contribution in [0.3, 0.4) is 0 Å². The number of ether oxygens (including phenoxy) is 1. The van der Waals surface area contributed by atoms with E-state index < -0.39 is 5.97 Å². The Labute approximate surface area is 81.6 Å². The smallest absolute Gasteiger partial charge is 0.330 e. The monoisotopic (exact) mass is 193 g/mol. The van der Waals surface area contributed by atoms with Gasteiger partial charge in [0.05, 0.1) is 7.11 Å². The Kier molecular flexibility index (Phi) is 3.17. The van der Waals surface area contributed by atoms with Crippen molar-refractivity contribution in [1.29, 1.82) is 0 Å². The van der Waals surface area contributed by atoms with Gasteiger partial charge in [-0.2, -0.15) is 0 Å². The van der Waals surface area contributed by atoms with Crippen LogP contribution < -0.4 is 5.73 Å². The van der Waals surface area contributed by atoms with Gasteiger partial charge in [0.25, 0.3) is 0 Å². The summed E-state index contributed by atoms with van der Waals surface area (Å²) in [6, 6.07) is 0. The first kappa shape index (κ1) is 10.2. The van der Waals surface area contributed by atoms with E-state index in [2.05, 4.69) is 14.7 Å². The second-order valence-electron chi connectivity index (χ2n) is 2.68. The fraction of sp³-hybridized carbons (Fsp3) is 0.222. The molecule has 0 spiro atoms. The number of nitrogens with two attached hydrogens (primary N) is 1. The molecule has 0 saturated carbocycles. The van der Waals surface area contributed by atoms with Gasteiger partial charge >= 0.3 is 5.97 Å². The van der Waals surface area contributed by atoms with Crippen LogP contribution >= 0.6 is 0 Å². The summed E-state index contributed by atoms with van der Waals surface area (Å²) < 4.78 is 4.49. The molecule has 1 heterocycles. The van der Waals surface area contributed by atoms with Crippen LogP contribution in [0.4, 0.5) is 5.95 Å². The van der Waals surface area contributed by atoms with Crippen molar-refractivity contribution in [3.05, 3.63) is 24.0 Å². The third-order valence-corrected chi connectivity index (χ3v) is 1.66. The second-order valence-corrected chi connectivity index (χ2v) is 2.68. The molecule has 14 heavy (non-hydrogen) atoms. The second kappa shape index (κ2) is 4.36. The Bertz CT molecular complexity index is 357. The molecule has 0 radical (unpaired) electrons. The number of nitrogens with zero attached hydrogens (tertiary/aromatic N) is 2. The lowest BCUT2D eigenvalue weighted by Gasteiger charge is -1.99. The van der Waals surface area contributed by atoms with Gasteiger partial charge in [-0.15, -0.1) is 0 Å². The maximum Gasteiger partial charge on any atom is 0.330 e. The van der Waals surface area contributed by atoms with Gasteiger partial charge in [0.1, 0.15) is 0 Å². The average Bonchev–Trinajstić information content (AvgIpc) is 2.18. The lowest BCUT2D eigenvalue weighted by Crippen LogP contribution is -1.98. The van der Waals surface area contributed by atoms with Gasteiger partial charge in [0.2, 0.25) is 5.95 Å². The van der Waals surface area contributed by atoms with E-state index in [4.69, 9.17) is 5.73 Å². The fourth-order valence-electron chi connectivity index (χ4n) is 0.861. The van der Waals surface area contributed by atoms with Gasteiger partial charge in [-0.3, -0.25) is 0 Å². The van der Waals surface area contributed by atoms with Crippen LogP contribution in [0.15, 0.2) is 18.5 Å². The summed E-state index contributed by atoms with van der Waals surface area (Å²) in [5.41, 5.74) is 6.79. The van der Waals surface area contributed by atoms with Crippen LogP contribution in [0.2, 0.25) is 0 Å². The van der Waals surface area contributed by atoms with Crippen LogP contribution in [0, 0.1) is 0 Å². The number of carbonyl (C=O) groups excluding carboxylic acids is 1. The van der Waals surface area contributed by atoms with E-state index >= 15 is 0 Å². The zero-order valence-corrected chi connectivity index (χ0v) is 8.02. The summed E-state index contributed by atoms with van der Waals surface area (Å²) in [5.74, 6) is -0.195. The minimum atomic E-state index is -0.403. The third kappa shape index (κ3) is 2.55. The third-order valence-electron chi connectivity index (χ3n) is 1.66. The summed E-state index contributed by atoms with van der Waals surface area (Å²) in [6.45, 7) is 1.77. The lowest BCUT2D eigenvalue weighted by molar-refractivity contribution is -0.134. The minimum Gasteiger partial charge on any atom is -0.466 e. The highest BCUT2D eigenvalue weighted by atomic mass is 16.5. The number of esters is 1. The van der Waals surface area contributed by atoms with Crippen molar-refractivity contribution in [2.24, 2.45) is 0 Å². The molecule has 0 bridgehead atoms. The lowest BCUT2D eigenvalue weighted by atomic mass is 10.1.